The summed E-state index contributed by atoms with van der Waals surface area (Å²) in [6.07, 6.45) is 4.15. The van der Waals surface area contributed by atoms with Gasteiger partial charge in [0.15, 0.2) is 0 Å². The Morgan fingerprint density at radius 3 is 2.31 bits per heavy atom. The van der Waals surface area contributed by atoms with Crippen molar-refractivity contribution in [3.05, 3.63) is 72.8 Å². The van der Waals surface area contributed by atoms with E-state index in [1.54, 1.807) is 0 Å². The smallest absolute Gasteiger partial charge is 0.253 e. The molecule has 1 fully saturated rings. The summed E-state index contributed by atoms with van der Waals surface area (Å²) in [5, 5.41) is 5.43. The molecule has 4 atom stereocenters. The molecule has 3 aromatic rings. The fraction of sp³-hybridized carbons (Fsp3) is 0.407. The molecule has 0 amide bonds. The van der Waals surface area contributed by atoms with Gasteiger partial charge in [-0.25, -0.2) is 0 Å². The van der Waals surface area contributed by atoms with Crippen LogP contribution < -0.4 is 10.4 Å². The van der Waals surface area contributed by atoms with E-state index in [4.69, 9.17) is 4.43 Å². The van der Waals surface area contributed by atoms with Gasteiger partial charge in [0, 0.05) is 6.10 Å². The highest BCUT2D eigenvalue weighted by Gasteiger charge is 2.42. The van der Waals surface area contributed by atoms with Crippen LogP contribution in [0.1, 0.15) is 40.0 Å². The molecule has 0 saturated heterocycles. The average molecular weight is 403 g/mol. The first kappa shape index (κ1) is 20.4. The van der Waals surface area contributed by atoms with Crippen LogP contribution in [0.3, 0.4) is 0 Å². The second-order valence-corrected chi connectivity index (χ2v) is 12.8. The van der Waals surface area contributed by atoms with E-state index in [1.807, 2.05) is 0 Å². The predicted octanol–water partition coefficient (Wildman–Crippen LogP) is 6.01. The molecule has 1 aliphatic rings. The van der Waals surface area contributed by atoms with Crippen LogP contribution in [0.5, 0.6) is 0 Å². The third kappa shape index (κ3) is 4.06. The maximum atomic E-state index is 7.34. The van der Waals surface area contributed by atoms with Gasteiger partial charge in [0.2, 0.25) is 0 Å². The molecule has 0 bridgehead atoms. The summed E-state index contributed by atoms with van der Waals surface area (Å²) in [6.45, 7) is 9.56. The van der Waals surface area contributed by atoms with Gasteiger partial charge in [0.05, 0.1) is 0 Å². The van der Waals surface area contributed by atoms with Crippen molar-refractivity contribution in [3.8, 4) is 0 Å². The first-order chi connectivity index (χ1) is 14.0. The molecule has 4 rings (SSSR count). The summed E-state index contributed by atoms with van der Waals surface area (Å²) >= 11 is 0. The fourth-order valence-corrected chi connectivity index (χ4v) is 8.67. The van der Waals surface area contributed by atoms with Crippen LogP contribution in [0.4, 0.5) is 0 Å². The minimum absolute atomic E-state index is 0.342. The molecular weight excluding hydrogens is 368 g/mol. The summed E-state index contributed by atoms with van der Waals surface area (Å²) in [4.78, 5) is 0. The van der Waals surface area contributed by atoms with Crippen molar-refractivity contribution < 1.29 is 4.43 Å². The van der Waals surface area contributed by atoms with Gasteiger partial charge < -0.3 is 4.43 Å². The molecule has 1 aliphatic carbocycles. The molecule has 3 aromatic carbocycles. The van der Waals surface area contributed by atoms with Crippen LogP contribution in [0, 0.1) is 17.8 Å². The average Bonchev–Trinajstić information content (AvgIpc) is 2.73. The van der Waals surface area contributed by atoms with Gasteiger partial charge in [0.1, 0.15) is 0 Å². The lowest BCUT2D eigenvalue weighted by atomic mass is 9.75. The number of rotatable bonds is 5. The van der Waals surface area contributed by atoms with Crippen LogP contribution in [0.15, 0.2) is 72.8 Å². The second-order valence-electron chi connectivity index (χ2n) is 9.41. The Morgan fingerprint density at radius 2 is 1.55 bits per heavy atom. The predicted molar refractivity (Wildman–Crippen MR) is 127 cm³/mol. The summed E-state index contributed by atoms with van der Waals surface area (Å²) in [5.74, 6) is 2.06. The molecule has 0 N–H and O–H groups in total. The minimum atomic E-state index is -2.37. The van der Waals surface area contributed by atoms with Gasteiger partial charge in [0.25, 0.3) is 8.32 Å². The van der Waals surface area contributed by atoms with Crippen molar-refractivity contribution in [1.82, 2.24) is 0 Å². The lowest BCUT2D eigenvalue weighted by molar-refractivity contribution is 0.0431. The molecule has 0 aromatic heterocycles. The minimum Gasteiger partial charge on any atom is -0.405 e. The standard InChI is InChI=1S/C27H34OSi/c1-20(2)24-18-17-21(3)19-26(24)28-29(4,23-13-6-5-7-14-23)27-16-10-12-22-11-8-9-15-25(22)27/h5-16,20-21,24,26H,17-19H2,1-4H3/t21?,24?,26?,29-/m1/s1. The van der Waals surface area contributed by atoms with E-state index in [9.17, 15) is 0 Å². The molecule has 1 saturated carbocycles. The first-order valence-electron chi connectivity index (χ1n) is 11.2. The van der Waals surface area contributed by atoms with Crippen molar-refractivity contribution in [2.24, 2.45) is 17.8 Å². The second kappa shape index (κ2) is 8.45. The van der Waals surface area contributed by atoms with Crippen LogP contribution in [0.25, 0.3) is 10.8 Å². The number of benzene rings is 3. The molecule has 2 heteroatoms. The molecule has 0 spiro atoms. The van der Waals surface area contributed by atoms with E-state index in [0.29, 0.717) is 17.9 Å². The van der Waals surface area contributed by atoms with Crippen LogP contribution in [-0.2, 0) is 4.43 Å². The van der Waals surface area contributed by atoms with Gasteiger partial charge in [-0.3, -0.25) is 0 Å². The summed E-state index contributed by atoms with van der Waals surface area (Å²) in [5.41, 5.74) is 0. The fourth-order valence-electron chi connectivity index (χ4n) is 5.24. The Balaban J connectivity index is 1.84. The molecule has 1 nitrogen and oxygen atoms in total. The number of hydrogen-bond donors (Lipinski definition) is 0. The number of fused-ring (bicyclic) bond motifs is 1. The van der Waals surface area contributed by atoms with Crippen molar-refractivity contribution in [2.45, 2.75) is 52.7 Å². The van der Waals surface area contributed by atoms with E-state index in [2.05, 4.69) is 100 Å². The zero-order valence-electron chi connectivity index (χ0n) is 18.3. The zero-order chi connectivity index (χ0) is 20.4. The zero-order valence-corrected chi connectivity index (χ0v) is 19.3. The van der Waals surface area contributed by atoms with Gasteiger partial charge in [-0.15, -0.1) is 0 Å². The molecule has 29 heavy (non-hydrogen) atoms. The quantitative estimate of drug-likeness (QED) is 0.475. The van der Waals surface area contributed by atoms with E-state index in [-0.39, 0.29) is 0 Å². The molecule has 0 radical (unpaired) electrons. The Kier molecular flexibility index (Phi) is 5.94. The third-order valence-electron chi connectivity index (χ3n) is 6.98. The van der Waals surface area contributed by atoms with Gasteiger partial charge >= 0.3 is 0 Å². The van der Waals surface area contributed by atoms with Crippen molar-refractivity contribution >= 4 is 29.5 Å². The molecular formula is C27H34OSi. The van der Waals surface area contributed by atoms with Crippen molar-refractivity contribution in [2.75, 3.05) is 0 Å². The monoisotopic (exact) mass is 402 g/mol. The van der Waals surface area contributed by atoms with Gasteiger partial charge in [-0.05, 0) is 58.3 Å². The maximum Gasteiger partial charge on any atom is 0.253 e. The van der Waals surface area contributed by atoms with Crippen molar-refractivity contribution in [3.63, 3.8) is 0 Å². The summed E-state index contributed by atoms with van der Waals surface area (Å²) in [7, 11) is -2.37. The van der Waals surface area contributed by atoms with Gasteiger partial charge in [-0.2, -0.15) is 0 Å². The number of hydrogen-bond acceptors (Lipinski definition) is 1. The van der Waals surface area contributed by atoms with Crippen LogP contribution in [0.2, 0.25) is 6.55 Å². The molecule has 0 aliphatic heterocycles. The van der Waals surface area contributed by atoms with E-state index in [1.165, 1.54) is 40.4 Å². The highest BCUT2D eigenvalue weighted by Crippen LogP contribution is 2.37. The normalized spacial score (nSPS) is 24.5. The molecule has 152 valence electrons. The Bertz CT molecular complexity index is 946. The van der Waals surface area contributed by atoms with Crippen molar-refractivity contribution in [1.29, 1.82) is 0 Å². The topological polar surface area (TPSA) is 9.23 Å². The largest absolute Gasteiger partial charge is 0.405 e. The molecule has 3 unspecified atom stereocenters. The molecule has 0 heterocycles. The maximum absolute atomic E-state index is 7.34. The Hall–Kier alpha value is -1.90. The van der Waals surface area contributed by atoms with E-state index in [0.717, 1.165) is 5.92 Å². The van der Waals surface area contributed by atoms with Crippen LogP contribution >= 0.6 is 0 Å². The van der Waals surface area contributed by atoms with E-state index >= 15 is 0 Å². The Labute approximate surface area is 177 Å². The van der Waals surface area contributed by atoms with Crippen LogP contribution in [-0.4, -0.2) is 14.4 Å². The lowest BCUT2D eigenvalue weighted by Gasteiger charge is -2.42. The third-order valence-corrected chi connectivity index (χ3v) is 10.6. The summed E-state index contributed by atoms with van der Waals surface area (Å²) < 4.78 is 7.34. The highest BCUT2D eigenvalue weighted by molar-refractivity contribution is 6.98. The van der Waals surface area contributed by atoms with E-state index < -0.39 is 8.32 Å². The highest BCUT2D eigenvalue weighted by atomic mass is 28.4. The SMILES string of the molecule is CC1CCC(C(C)C)C(O[Si@](C)(c2ccccc2)c2cccc3ccccc23)C1. The summed E-state index contributed by atoms with van der Waals surface area (Å²) in [6, 6.07) is 26.5. The Morgan fingerprint density at radius 1 is 0.862 bits per heavy atom. The van der Waals surface area contributed by atoms with Gasteiger partial charge in [-0.1, -0.05) is 100.0 Å². The first-order valence-corrected chi connectivity index (χ1v) is 13.6. The lowest BCUT2D eigenvalue weighted by Crippen LogP contribution is -2.61.